The van der Waals surface area contributed by atoms with Crippen molar-refractivity contribution in [3.05, 3.63) is 106 Å². The minimum Gasteiger partial charge on any atom is -0.278 e. The van der Waals surface area contributed by atoms with Crippen LogP contribution in [-0.2, 0) is 13.1 Å². The van der Waals surface area contributed by atoms with Crippen molar-refractivity contribution in [1.29, 1.82) is 0 Å². The van der Waals surface area contributed by atoms with Crippen LogP contribution in [0.2, 0.25) is 5.02 Å². The van der Waals surface area contributed by atoms with Crippen molar-refractivity contribution in [2.24, 2.45) is 0 Å². The molecule has 1 fully saturated rings. The largest absolute Gasteiger partial charge is 0.278 e. The highest BCUT2D eigenvalue weighted by Crippen LogP contribution is 2.34. The van der Waals surface area contributed by atoms with Crippen LogP contribution in [0.3, 0.4) is 0 Å². The van der Waals surface area contributed by atoms with Crippen LogP contribution >= 0.6 is 11.6 Å². The SMILES string of the molecule is Cc1ccccc1CN1CCN(Cc2ccccc2F)[C@H]1c1cccc(Cl)c1. The van der Waals surface area contributed by atoms with Crippen molar-refractivity contribution in [2.45, 2.75) is 26.2 Å². The normalized spacial score (nSPS) is 17.9. The second kappa shape index (κ2) is 8.44. The average molecular weight is 395 g/mol. The molecule has 0 N–H and O–H groups in total. The van der Waals surface area contributed by atoms with Crippen LogP contribution in [0.1, 0.15) is 28.4 Å². The summed E-state index contributed by atoms with van der Waals surface area (Å²) >= 11 is 6.29. The Labute approximate surface area is 171 Å². The van der Waals surface area contributed by atoms with Gasteiger partial charge in [0.25, 0.3) is 0 Å². The number of nitrogens with zero attached hydrogens (tertiary/aromatic N) is 2. The lowest BCUT2D eigenvalue weighted by atomic mass is 10.1. The molecule has 2 nitrogen and oxygen atoms in total. The van der Waals surface area contributed by atoms with E-state index < -0.39 is 0 Å². The van der Waals surface area contributed by atoms with Crippen molar-refractivity contribution in [3.8, 4) is 0 Å². The highest BCUT2D eigenvalue weighted by molar-refractivity contribution is 6.30. The summed E-state index contributed by atoms with van der Waals surface area (Å²) in [5.74, 6) is -0.148. The third-order valence-corrected chi connectivity index (χ3v) is 5.71. The van der Waals surface area contributed by atoms with E-state index in [1.165, 1.54) is 17.2 Å². The van der Waals surface area contributed by atoms with Crippen molar-refractivity contribution in [1.82, 2.24) is 9.80 Å². The Hall–Kier alpha value is -2.20. The van der Waals surface area contributed by atoms with Crippen molar-refractivity contribution in [2.75, 3.05) is 13.1 Å². The standard InChI is InChI=1S/C24H24ClFN2/c1-18-7-2-3-8-20(18)16-27-13-14-28(17-21-9-4-5-12-23(21)26)24(27)19-10-6-11-22(25)15-19/h2-12,15,24H,13-14,16-17H2,1H3/t24-/m0/s1. The summed E-state index contributed by atoms with van der Waals surface area (Å²) in [5, 5.41) is 0.728. The summed E-state index contributed by atoms with van der Waals surface area (Å²) in [7, 11) is 0. The first-order chi connectivity index (χ1) is 13.6. The lowest BCUT2D eigenvalue weighted by Crippen LogP contribution is -2.31. The summed E-state index contributed by atoms with van der Waals surface area (Å²) in [6.45, 7) is 5.40. The van der Waals surface area contributed by atoms with Gasteiger partial charge in [-0.15, -0.1) is 0 Å². The molecule has 3 aromatic rings. The average Bonchev–Trinajstić information content (AvgIpc) is 3.08. The molecule has 0 bridgehead atoms. The first-order valence-corrected chi connectivity index (χ1v) is 10.0. The van der Waals surface area contributed by atoms with Crippen LogP contribution < -0.4 is 0 Å². The maximum absolute atomic E-state index is 14.3. The molecule has 0 amide bonds. The molecule has 0 unspecified atom stereocenters. The first kappa shape index (κ1) is 19.1. The molecule has 144 valence electrons. The van der Waals surface area contributed by atoms with E-state index in [9.17, 15) is 4.39 Å². The molecule has 4 rings (SSSR count). The number of benzene rings is 3. The molecular formula is C24H24ClFN2. The molecule has 3 aromatic carbocycles. The predicted molar refractivity (Wildman–Crippen MR) is 113 cm³/mol. The maximum atomic E-state index is 14.3. The van der Waals surface area contributed by atoms with E-state index in [0.717, 1.165) is 35.8 Å². The Morgan fingerprint density at radius 2 is 1.50 bits per heavy atom. The van der Waals surface area contributed by atoms with E-state index in [1.54, 1.807) is 6.07 Å². The number of halogens is 2. The van der Waals surface area contributed by atoms with E-state index in [-0.39, 0.29) is 12.0 Å². The van der Waals surface area contributed by atoms with E-state index in [0.29, 0.717) is 6.54 Å². The molecule has 1 atom stereocenters. The number of rotatable bonds is 5. The molecule has 1 aliphatic heterocycles. The smallest absolute Gasteiger partial charge is 0.127 e. The van der Waals surface area contributed by atoms with Crippen LogP contribution in [0.25, 0.3) is 0 Å². The molecule has 4 heteroatoms. The lowest BCUT2D eigenvalue weighted by Gasteiger charge is -2.31. The molecule has 1 heterocycles. The van der Waals surface area contributed by atoms with Crippen molar-refractivity contribution >= 4 is 11.6 Å². The third-order valence-electron chi connectivity index (χ3n) is 5.48. The van der Waals surface area contributed by atoms with Gasteiger partial charge in [0.05, 0.1) is 6.17 Å². The fraction of sp³-hybridized carbons (Fsp3) is 0.250. The van der Waals surface area contributed by atoms with Crippen LogP contribution in [0.15, 0.2) is 72.8 Å². The highest BCUT2D eigenvalue weighted by Gasteiger charge is 2.33. The van der Waals surface area contributed by atoms with Crippen molar-refractivity contribution < 1.29 is 4.39 Å². The van der Waals surface area contributed by atoms with E-state index in [4.69, 9.17) is 11.6 Å². The van der Waals surface area contributed by atoms with Gasteiger partial charge in [-0.25, -0.2) is 4.39 Å². The fourth-order valence-corrected chi connectivity index (χ4v) is 4.20. The van der Waals surface area contributed by atoms with E-state index >= 15 is 0 Å². The number of aryl methyl sites for hydroxylation is 1. The molecule has 0 aliphatic carbocycles. The Morgan fingerprint density at radius 3 is 2.18 bits per heavy atom. The van der Waals surface area contributed by atoms with Crippen LogP contribution in [0.4, 0.5) is 4.39 Å². The Bertz CT molecular complexity index is 903. The van der Waals surface area contributed by atoms with Gasteiger partial charge in [-0.2, -0.15) is 0 Å². The maximum Gasteiger partial charge on any atom is 0.127 e. The zero-order chi connectivity index (χ0) is 19.5. The summed E-state index contributed by atoms with van der Waals surface area (Å²) in [6.07, 6.45) is 0.0675. The van der Waals surface area contributed by atoms with Gasteiger partial charge in [0.15, 0.2) is 0 Å². The molecule has 1 saturated heterocycles. The quantitative estimate of drug-likeness (QED) is 0.539. The first-order valence-electron chi connectivity index (χ1n) is 9.63. The second-order valence-electron chi connectivity index (χ2n) is 7.39. The minimum absolute atomic E-state index is 0.0675. The number of hydrogen-bond acceptors (Lipinski definition) is 2. The molecule has 1 aliphatic rings. The molecular weight excluding hydrogens is 371 g/mol. The van der Waals surface area contributed by atoms with Gasteiger partial charge in [0.1, 0.15) is 5.82 Å². The number of hydrogen-bond donors (Lipinski definition) is 0. The summed E-state index contributed by atoms with van der Waals surface area (Å²) < 4.78 is 14.3. The van der Waals surface area contributed by atoms with Gasteiger partial charge in [-0.1, -0.05) is 66.2 Å². The predicted octanol–water partition coefficient (Wildman–Crippen LogP) is 5.80. The fourth-order valence-electron chi connectivity index (χ4n) is 4.00. The van der Waals surface area contributed by atoms with Gasteiger partial charge in [-0.3, -0.25) is 9.80 Å². The van der Waals surface area contributed by atoms with Crippen LogP contribution in [0, 0.1) is 12.7 Å². The zero-order valence-electron chi connectivity index (χ0n) is 16.0. The summed E-state index contributed by atoms with van der Waals surface area (Å²) in [4.78, 5) is 4.79. The third kappa shape index (κ3) is 4.12. The monoisotopic (exact) mass is 394 g/mol. The van der Waals surface area contributed by atoms with Gasteiger partial charge >= 0.3 is 0 Å². The summed E-state index contributed by atoms with van der Waals surface area (Å²) in [5.41, 5.74) is 4.49. The Kier molecular flexibility index (Phi) is 5.77. The Balaban J connectivity index is 1.65. The topological polar surface area (TPSA) is 6.48 Å². The van der Waals surface area contributed by atoms with Gasteiger partial charge in [0, 0.05) is 36.8 Å². The zero-order valence-corrected chi connectivity index (χ0v) is 16.7. The molecule has 28 heavy (non-hydrogen) atoms. The molecule has 0 radical (unpaired) electrons. The van der Waals surface area contributed by atoms with Gasteiger partial charge in [0.2, 0.25) is 0 Å². The highest BCUT2D eigenvalue weighted by atomic mass is 35.5. The van der Waals surface area contributed by atoms with Crippen LogP contribution in [-0.4, -0.2) is 22.9 Å². The van der Waals surface area contributed by atoms with E-state index in [2.05, 4.69) is 47.1 Å². The van der Waals surface area contributed by atoms with Crippen LogP contribution in [0.5, 0.6) is 0 Å². The van der Waals surface area contributed by atoms with Gasteiger partial charge in [-0.05, 0) is 41.8 Å². The minimum atomic E-state index is -0.148. The summed E-state index contributed by atoms with van der Waals surface area (Å²) in [6, 6.07) is 23.6. The van der Waals surface area contributed by atoms with Crippen molar-refractivity contribution in [3.63, 3.8) is 0 Å². The molecule has 0 saturated carbocycles. The van der Waals surface area contributed by atoms with Gasteiger partial charge < -0.3 is 0 Å². The molecule has 0 spiro atoms. The second-order valence-corrected chi connectivity index (χ2v) is 7.82. The molecule has 0 aromatic heterocycles. The van der Waals surface area contributed by atoms with E-state index in [1.807, 2.05) is 30.3 Å². The Morgan fingerprint density at radius 1 is 0.857 bits per heavy atom. The lowest BCUT2D eigenvalue weighted by molar-refractivity contribution is 0.124.